The number of nitrogens with two attached hydrogens (primary N) is 1. The Bertz CT molecular complexity index is 364. The first-order chi connectivity index (χ1) is 12.6. The lowest BCUT2D eigenvalue weighted by atomic mass is 10.1. The topological polar surface area (TPSA) is 81.8 Å². The van der Waals surface area contributed by atoms with E-state index in [-0.39, 0.29) is 19.8 Å². The van der Waals surface area contributed by atoms with Gasteiger partial charge in [-0.3, -0.25) is 9.05 Å². The highest BCUT2D eigenvalue weighted by atomic mass is 31.2. The highest BCUT2D eigenvalue weighted by molar-refractivity contribution is 7.47. The van der Waals surface area contributed by atoms with Gasteiger partial charge in [-0.2, -0.15) is 0 Å². The second-order valence-corrected chi connectivity index (χ2v) is 8.32. The van der Waals surface area contributed by atoms with Gasteiger partial charge in [0.1, 0.15) is 0 Å². The van der Waals surface area contributed by atoms with Crippen LogP contribution < -0.4 is 5.73 Å². The van der Waals surface area contributed by atoms with Crippen LogP contribution in [0.2, 0.25) is 0 Å². The van der Waals surface area contributed by atoms with Crippen molar-refractivity contribution < 1.29 is 18.5 Å². The standard InChI is InChI=1S/C20H42NO4P/c1-2-3-4-5-6-7-8-9-10-11-12-13-14-15-16-17-19-24-26(22,23)25-20-18-21/h9-10H,2-8,11-21H2,1H3,(H,22,23). The number of phosphoric acid groups is 1. The van der Waals surface area contributed by atoms with Gasteiger partial charge in [0.05, 0.1) is 13.2 Å². The maximum atomic E-state index is 11.4. The lowest BCUT2D eigenvalue weighted by Gasteiger charge is -2.11. The minimum absolute atomic E-state index is 0.0428. The van der Waals surface area contributed by atoms with E-state index in [1.165, 1.54) is 70.6 Å². The van der Waals surface area contributed by atoms with Crippen molar-refractivity contribution in [2.45, 2.75) is 96.8 Å². The Hall–Kier alpha value is -0.190. The third-order valence-electron chi connectivity index (χ3n) is 4.28. The Morgan fingerprint density at radius 1 is 0.769 bits per heavy atom. The van der Waals surface area contributed by atoms with Crippen LogP contribution in [0.15, 0.2) is 12.2 Å². The Morgan fingerprint density at radius 3 is 1.77 bits per heavy atom. The second-order valence-electron chi connectivity index (χ2n) is 6.86. The molecule has 156 valence electrons. The molecule has 0 aliphatic carbocycles. The molecule has 5 nitrogen and oxygen atoms in total. The zero-order valence-corrected chi connectivity index (χ0v) is 17.8. The summed E-state index contributed by atoms with van der Waals surface area (Å²) in [5, 5.41) is 0. The Morgan fingerprint density at radius 2 is 1.23 bits per heavy atom. The van der Waals surface area contributed by atoms with Crippen LogP contribution in [0.5, 0.6) is 0 Å². The molecule has 0 heterocycles. The number of unbranched alkanes of at least 4 members (excludes halogenated alkanes) is 12. The van der Waals surface area contributed by atoms with Crippen molar-refractivity contribution in [3.63, 3.8) is 0 Å². The molecule has 26 heavy (non-hydrogen) atoms. The average molecular weight is 392 g/mol. The summed E-state index contributed by atoms with van der Waals surface area (Å²) in [4.78, 5) is 9.32. The molecule has 0 radical (unpaired) electrons. The molecule has 0 saturated heterocycles. The molecule has 0 rings (SSSR count). The molecule has 0 spiro atoms. The summed E-state index contributed by atoms with van der Waals surface area (Å²) < 4.78 is 20.9. The summed E-state index contributed by atoms with van der Waals surface area (Å²) >= 11 is 0. The van der Waals surface area contributed by atoms with Crippen molar-refractivity contribution in [2.24, 2.45) is 5.73 Å². The van der Waals surface area contributed by atoms with E-state index >= 15 is 0 Å². The number of allylic oxidation sites excluding steroid dienone is 2. The molecule has 0 amide bonds. The lowest BCUT2D eigenvalue weighted by Crippen LogP contribution is -2.08. The summed E-state index contributed by atoms with van der Waals surface area (Å²) in [6.07, 6.45) is 22.0. The molecular weight excluding hydrogens is 349 g/mol. The van der Waals surface area contributed by atoms with E-state index in [4.69, 9.17) is 10.3 Å². The van der Waals surface area contributed by atoms with Gasteiger partial charge in [0, 0.05) is 6.54 Å². The van der Waals surface area contributed by atoms with Crippen LogP contribution in [0, 0.1) is 0 Å². The molecule has 0 aliphatic rings. The predicted octanol–water partition coefficient (Wildman–Crippen LogP) is 6.12. The van der Waals surface area contributed by atoms with Gasteiger partial charge >= 0.3 is 7.82 Å². The largest absolute Gasteiger partial charge is 0.472 e. The van der Waals surface area contributed by atoms with Gasteiger partial charge in [-0.15, -0.1) is 0 Å². The molecule has 1 unspecified atom stereocenters. The number of phosphoric ester groups is 1. The highest BCUT2D eigenvalue weighted by Crippen LogP contribution is 2.42. The van der Waals surface area contributed by atoms with E-state index in [9.17, 15) is 9.46 Å². The molecule has 1 atom stereocenters. The molecule has 0 aromatic rings. The fraction of sp³-hybridized carbons (Fsp3) is 0.900. The van der Waals surface area contributed by atoms with Crippen molar-refractivity contribution in [3.8, 4) is 0 Å². The number of rotatable bonds is 20. The molecule has 0 aliphatic heterocycles. The average Bonchev–Trinajstić information content (AvgIpc) is 2.62. The number of hydrogen-bond acceptors (Lipinski definition) is 4. The first-order valence-corrected chi connectivity index (χ1v) is 12.1. The second kappa shape index (κ2) is 19.6. The zero-order chi connectivity index (χ0) is 19.3. The molecule has 0 aromatic heterocycles. The molecule has 6 heteroatoms. The van der Waals surface area contributed by atoms with Crippen molar-refractivity contribution in [1.29, 1.82) is 0 Å². The summed E-state index contributed by atoms with van der Waals surface area (Å²) in [5.41, 5.74) is 5.21. The SMILES string of the molecule is CCCCCCCCC=CCCCCCCCCOP(=O)(O)OCCN. The molecule has 0 saturated carbocycles. The maximum absolute atomic E-state index is 11.4. The first kappa shape index (κ1) is 25.8. The predicted molar refractivity (Wildman–Crippen MR) is 110 cm³/mol. The Kier molecular flexibility index (Phi) is 19.4. The zero-order valence-electron chi connectivity index (χ0n) is 16.9. The number of hydrogen-bond donors (Lipinski definition) is 2. The highest BCUT2D eigenvalue weighted by Gasteiger charge is 2.19. The van der Waals surface area contributed by atoms with Gasteiger partial charge < -0.3 is 10.6 Å². The van der Waals surface area contributed by atoms with Crippen LogP contribution in [-0.4, -0.2) is 24.7 Å². The van der Waals surface area contributed by atoms with Crippen molar-refractivity contribution in [2.75, 3.05) is 19.8 Å². The van der Waals surface area contributed by atoms with Crippen molar-refractivity contribution in [1.82, 2.24) is 0 Å². The van der Waals surface area contributed by atoms with E-state index in [0.29, 0.717) is 0 Å². The Balaban J connectivity index is 3.24. The Labute approximate surface area is 161 Å². The van der Waals surface area contributed by atoms with Crippen LogP contribution in [0.4, 0.5) is 0 Å². The van der Waals surface area contributed by atoms with Gasteiger partial charge in [-0.25, -0.2) is 4.57 Å². The molecule has 3 N–H and O–H groups in total. The molecular formula is C20H42NO4P. The summed E-state index contributed by atoms with van der Waals surface area (Å²) in [6.45, 7) is 2.77. The van der Waals surface area contributed by atoms with Crippen molar-refractivity contribution >= 4 is 7.82 Å². The lowest BCUT2D eigenvalue weighted by molar-refractivity contribution is 0.150. The van der Waals surface area contributed by atoms with Gasteiger partial charge in [-0.1, -0.05) is 76.9 Å². The van der Waals surface area contributed by atoms with E-state index < -0.39 is 7.82 Å². The molecule has 0 aromatic carbocycles. The first-order valence-electron chi connectivity index (χ1n) is 10.6. The minimum Gasteiger partial charge on any atom is -0.328 e. The van der Waals surface area contributed by atoms with Crippen LogP contribution in [-0.2, 0) is 13.6 Å². The fourth-order valence-corrected chi connectivity index (χ4v) is 3.51. The van der Waals surface area contributed by atoms with E-state index in [1.807, 2.05) is 0 Å². The van der Waals surface area contributed by atoms with Gasteiger partial charge in [0.15, 0.2) is 0 Å². The van der Waals surface area contributed by atoms with Gasteiger partial charge in [0.2, 0.25) is 0 Å². The van der Waals surface area contributed by atoms with E-state index in [0.717, 1.165) is 19.3 Å². The summed E-state index contributed by atoms with van der Waals surface area (Å²) in [5.74, 6) is 0. The summed E-state index contributed by atoms with van der Waals surface area (Å²) in [6, 6.07) is 0. The third-order valence-corrected chi connectivity index (χ3v) is 5.30. The van der Waals surface area contributed by atoms with Crippen molar-refractivity contribution in [3.05, 3.63) is 12.2 Å². The fourth-order valence-electron chi connectivity index (χ4n) is 2.73. The van der Waals surface area contributed by atoms with E-state index in [1.54, 1.807) is 0 Å². The van der Waals surface area contributed by atoms with Crippen LogP contribution >= 0.6 is 7.82 Å². The normalized spacial score (nSPS) is 14.1. The van der Waals surface area contributed by atoms with Gasteiger partial charge in [-0.05, 0) is 32.1 Å². The quantitative estimate of drug-likeness (QED) is 0.148. The summed E-state index contributed by atoms with van der Waals surface area (Å²) in [7, 11) is -3.89. The third kappa shape index (κ3) is 20.1. The monoisotopic (exact) mass is 391 g/mol. The van der Waals surface area contributed by atoms with Crippen LogP contribution in [0.25, 0.3) is 0 Å². The van der Waals surface area contributed by atoms with Crippen LogP contribution in [0.3, 0.4) is 0 Å². The van der Waals surface area contributed by atoms with E-state index in [2.05, 4.69) is 23.6 Å². The maximum Gasteiger partial charge on any atom is 0.472 e. The smallest absolute Gasteiger partial charge is 0.328 e. The van der Waals surface area contributed by atoms with Crippen LogP contribution in [0.1, 0.15) is 96.8 Å². The molecule has 0 bridgehead atoms. The minimum atomic E-state index is -3.89. The molecule has 0 fully saturated rings. The van der Waals surface area contributed by atoms with Gasteiger partial charge in [0.25, 0.3) is 0 Å².